The zero-order valence-corrected chi connectivity index (χ0v) is 23.4. The lowest BCUT2D eigenvalue weighted by molar-refractivity contribution is -0.139. The number of carbonyl (C=O) groups excluding carboxylic acids is 2. The van der Waals surface area contributed by atoms with Crippen LogP contribution in [-0.2, 0) is 26.2 Å². The summed E-state index contributed by atoms with van der Waals surface area (Å²) < 4.78 is 26.8. The maximum absolute atomic E-state index is 13.6. The molecule has 1 aliphatic rings. The number of nitrogens with one attached hydrogen (secondary N) is 1. The molecule has 1 fully saturated rings. The molecule has 7 nitrogen and oxygen atoms in total. The Morgan fingerprint density at radius 2 is 1.80 bits per heavy atom. The van der Waals surface area contributed by atoms with E-state index in [1.54, 1.807) is 49.4 Å². The van der Waals surface area contributed by atoms with E-state index in [1.807, 2.05) is 0 Å². The zero-order valence-electron chi connectivity index (χ0n) is 19.5. The molecule has 1 N–H and O–H groups in total. The summed E-state index contributed by atoms with van der Waals surface area (Å²) in [6.07, 6.45) is 4.95. The molecule has 2 aromatic carbocycles. The molecular weight excluding hydrogens is 577 g/mol. The van der Waals surface area contributed by atoms with Crippen LogP contribution >= 0.6 is 39.1 Å². The van der Waals surface area contributed by atoms with Crippen molar-refractivity contribution in [2.24, 2.45) is 0 Å². The van der Waals surface area contributed by atoms with Crippen molar-refractivity contribution >= 4 is 66.7 Å². The van der Waals surface area contributed by atoms with E-state index < -0.39 is 28.5 Å². The first kappa shape index (κ1) is 27.8. The van der Waals surface area contributed by atoms with Gasteiger partial charge >= 0.3 is 0 Å². The number of nitrogens with zero attached hydrogens (tertiary/aromatic N) is 2. The summed E-state index contributed by atoms with van der Waals surface area (Å²) in [6.45, 7) is 1.17. The zero-order chi connectivity index (χ0) is 25.8. The monoisotopic (exact) mass is 603 g/mol. The van der Waals surface area contributed by atoms with Crippen molar-refractivity contribution in [3.63, 3.8) is 0 Å². The molecule has 1 unspecified atom stereocenters. The summed E-state index contributed by atoms with van der Waals surface area (Å²) in [5, 5.41) is 3.82. The van der Waals surface area contributed by atoms with Crippen molar-refractivity contribution in [1.82, 2.24) is 10.2 Å². The summed E-state index contributed by atoms with van der Waals surface area (Å²) in [6, 6.07) is 10.9. The van der Waals surface area contributed by atoms with E-state index in [2.05, 4.69) is 21.2 Å². The lowest BCUT2D eigenvalue weighted by Gasteiger charge is -2.32. The summed E-state index contributed by atoms with van der Waals surface area (Å²) in [7, 11) is -3.81. The van der Waals surface area contributed by atoms with Crippen molar-refractivity contribution in [2.45, 2.75) is 51.2 Å². The number of sulfonamides is 1. The SMILES string of the molecule is CC(C(=O)NC1CCCC1)N(Cc1ccc(Cl)cc1Cl)C(=O)CN(c1ccccc1Br)S(C)(=O)=O. The van der Waals surface area contributed by atoms with E-state index in [4.69, 9.17) is 23.2 Å². The van der Waals surface area contributed by atoms with Gasteiger partial charge in [0.1, 0.15) is 12.6 Å². The maximum atomic E-state index is 13.6. The number of anilines is 1. The molecule has 0 heterocycles. The van der Waals surface area contributed by atoms with Gasteiger partial charge in [-0.05, 0) is 65.5 Å². The minimum Gasteiger partial charge on any atom is -0.352 e. The van der Waals surface area contributed by atoms with Gasteiger partial charge in [-0.15, -0.1) is 0 Å². The Labute approximate surface area is 224 Å². The van der Waals surface area contributed by atoms with Gasteiger partial charge in [0.25, 0.3) is 0 Å². The Hall–Kier alpha value is -1.81. The summed E-state index contributed by atoms with van der Waals surface area (Å²) in [4.78, 5) is 28.0. The fraction of sp³-hybridized carbons (Fsp3) is 0.417. The van der Waals surface area contributed by atoms with Gasteiger partial charge < -0.3 is 10.2 Å². The molecule has 1 saturated carbocycles. The largest absolute Gasteiger partial charge is 0.352 e. The predicted octanol–water partition coefficient (Wildman–Crippen LogP) is 5.00. The molecule has 11 heteroatoms. The van der Waals surface area contributed by atoms with E-state index in [1.165, 1.54) is 4.90 Å². The number of hydrogen-bond acceptors (Lipinski definition) is 4. The molecule has 0 saturated heterocycles. The fourth-order valence-corrected chi connectivity index (χ4v) is 6.00. The number of para-hydroxylation sites is 1. The normalized spacial score (nSPS) is 15.0. The van der Waals surface area contributed by atoms with Crippen LogP contribution in [0.15, 0.2) is 46.9 Å². The first-order chi connectivity index (χ1) is 16.5. The smallest absolute Gasteiger partial charge is 0.244 e. The average molecular weight is 605 g/mol. The van der Waals surface area contributed by atoms with Crippen LogP contribution in [0.1, 0.15) is 38.2 Å². The first-order valence-corrected chi connectivity index (χ1v) is 14.6. The van der Waals surface area contributed by atoms with Crippen LogP contribution in [0.3, 0.4) is 0 Å². The molecular formula is C24H28BrCl2N3O4S. The second-order valence-electron chi connectivity index (χ2n) is 8.64. The van der Waals surface area contributed by atoms with Gasteiger partial charge in [-0.2, -0.15) is 0 Å². The van der Waals surface area contributed by atoms with Gasteiger partial charge in [-0.1, -0.05) is 54.2 Å². The lowest BCUT2D eigenvalue weighted by Crippen LogP contribution is -2.52. The van der Waals surface area contributed by atoms with Crippen LogP contribution in [0.4, 0.5) is 5.69 Å². The molecule has 0 aromatic heterocycles. The number of amides is 2. The van der Waals surface area contributed by atoms with E-state index in [0.717, 1.165) is 36.2 Å². The molecule has 35 heavy (non-hydrogen) atoms. The van der Waals surface area contributed by atoms with Crippen molar-refractivity contribution in [3.05, 3.63) is 62.5 Å². The number of rotatable bonds is 9. The highest BCUT2D eigenvalue weighted by Gasteiger charge is 2.32. The van der Waals surface area contributed by atoms with Gasteiger partial charge in [-0.3, -0.25) is 13.9 Å². The Morgan fingerprint density at radius 3 is 2.40 bits per heavy atom. The third kappa shape index (κ3) is 7.35. The topological polar surface area (TPSA) is 86.8 Å². The van der Waals surface area contributed by atoms with Gasteiger partial charge in [0, 0.05) is 27.1 Å². The van der Waals surface area contributed by atoms with Gasteiger partial charge in [0.15, 0.2) is 0 Å². The minimum absolute atomic E-state index is 0.0155. The second kappa shape index (κ2) is 12.0. The number of hydrogen-bond donors (Lipinski definition) is 1. The highest BCUT2D eigenvalue weighted by Crippen LogP contribution is 2.29. The van der Waals surface area contributed by atoms with Crippen LogP contribution in [0, 0.1) is 0 Å². The fourth-order valence-electron chi connectivity index (χ4n) is 4.06. The van der Waals surface area contributed by atoms with Crippen LogP contribution in [0.2, 0.25) is 10.0 Å². The van der Waals surface area contributed by atoms with E-state index in [0.29, 0.717) is 25.8 Å². The van der Waals surface area contributed by atoms with Crippen LogP contribution in [-0.4, -0.2) is 50.0 Å². The molecule has 1 atom stereocenters. The number of benzene rings is 2. The van der Waals surface area contributed by atoms with Crippen molar-refractivity contribution < 1.29 is 18.0 Å². The van der Waals surface area contributed by atoms with E-state index >= 15 is 0 Å². The summed E-state index contributed by atoms with van der Waals surface area (Å²) >= 11 is 15.7. The predicted molar refractivity (Wildman–Crippen MR) is 143 cm³/mol. The Balaban J connectivity index is 1.91. The summed E-state index contributed by atoms with van der Waals surface area (Å²) in [5.74, 6) is -0.826. The van der Waals surface area contributed by atoms with E-state index in [-0.39, 0.29) is 18.5 Å². The Kier molecular flexibility index (Phi) is 9.48. The molecule has 0 radical (unpaired) electrons. The van der Waals surface area contributed by atoms with Gasteiger partial charge in [0.05, 0.1) is 11.9 Å². The number of carbonyl (C=O) groups is 2. The van der Waals surface area contributed by atoms with Crippen molar-refractivity contribution in [1.29, 1.82) is 0 Å². The quantitative estimate of drug-likeness (QED) is 0.436. The minimum atomic E-state index is -3.81. The molecule has 0 spiro atoms. The molecule has 0 aliphatic heterocycles. The standard InChI is InChI=1S/C24H28BrCl2N3O4S/c1-16(24(32)28-19-7-3-4-8-19)29(14-17-11-12-18(26)13-21(17)27)23(31)15-30(35(2,33)34)22-10-6-5-9-20(22)25/h5-6,9-13,16,19H,3-4,7-8,14-15H2,1-2H3,(H,28,32). The Morgan fingerprint density at radius 1 is 1.14 bits per heavy atom. The van der Waals surface area contributed by atoms with Crippen LogP contribution < -0.4 is 9.62 Å². The second-order valence-corrected chi connectivity index (χ2v) is 12.2. The van der Waals surface area contributed by atoms with Gasteiger partial charge in [0.2, 0.25) is 21.8 Å². The maximum Gasteiger partial charge on any atom is 0.244 e. The molecule has 190 valence electrons. The average Bonchev–Trinajstić information content (AvgIpc) is 3.29. The Bertz CT molecular complexity index is 1190. The molecule has 3 rings (SSSR count). The molecule has 2 aromatic rings. The number of halogens is 3. The van der Waals surface area contributed by atoms with Crippen molar-refractivity contribution in [3.8, 4) is 0 Å². The molecule has 0 bridgehead atoms. The first-order valence-electron chi connectivity index (χ1n) is 11.2. The van der Waals surface area contributed by atoms with Crippen LogP contribution in [0.25, 0.3) is 0 Å². The third-order valence-corrected chi connectivity index (χ3v) is 8.41. The van der Waals surface area contributed by atoms with Crippen molar-refractivity contribution in [2.75, 3.05) is 17.1 Å². The highest BCUT2D eigenvalue weighted by molar-refractivity contribution is 9.10. The molecule has 1 aliphatic carbocycles. The van der Waals surface area contributed by atoms with Gasteiger partial charge in [-0.25, -0.2) is 8.42 Å². The van der Waals surface area contributed by atoms with Crippen LogP contribution in [0.5, 0.6) is 0 Å². The summed E-state index contributed by atoms with van der Waals surface area (Å²) in [5.41, 5.74) is 0.924. The lowest BCUT2D eigenvalue weighted by atomic mass is 10.1. The van der Waals surface area contributed by atoms with E-state index in [9.17, 15) is 18.0 Å². The highest BCUT2D eigenvalue weighted by atomic mass is 79.9. The third-order valence-electron chi connectivity index (χ3n) is 6.02. The molecule has 2 amide bonds.